The van der Waals surface area contributed by atoms with E-state index in [0.29, 0.717) is 17.1 Å². The molecule has 0 unspecified atom stereocenters. The molecule has 8 heteroatoms. The van der Waals surface area contributed by atoms with Gasteiger partial charge < -0.3 is 5.32 Å². The van der Waals surface area contributed by atoms with E-state index in [-0.39, 0.29) is 5.91 Å². The van der Waals surface area contributed by atoms with Crippen molar-refractivity contribution < 1.29 is 4.79 Å². The van der Waals surface area contributed by atoms with Gasteiger partial charge in [-0.05, 0) is 24.3 Å². The van der Waals surface area contributed by atoms with E-state index in [1.165, 1.54) is 4.80 Å². The Balaban J connectivity index is 1.77. The molecule has 0 aliphatic carbocycles. The molecule has 1 N–H and O–H groups in total. The molecule has 3 aromatic rings. The molecule has 1 aromatic carbocycles. The first-order chi connectivity index (χ1) is 10.5. The van der Waals surface area contributed by atoms with Gasteiger partial charge in [0.25, 0.3) is 5.91 Å². The van der Waals surface area contributed by atoms with Gasteiger partial charge in [0.2, 0.25) is 5.82 Å². The Morgan fingerprint density at radius 3 is 2.45 bits per heavy atom. The second kappa shape index (κ2) is 5.40. The van der Waals surface area contributed by atoms with E-state index in [1.54, 1.807) is 42.2 Å². The topological polar surface area (TPSA) is 90.5 Å². The number of carbonyl (C=O) groups excluding carboxylic acids is 1. The zero-order chi connectivity index (χ0) is 15.7. The van der Waals surface area contributed by atoms with Crippen molar-refractivity contribution in [1.29, 1.82) is 0 Å². The smallest absolute Gasteiger partial charge is 0.255 e. The first-order valence-electron chi connectivity index (χ1n) is 6.69. The summed E-state index contributed by atoms with van der Waals surface area (Å²) < 4.78 is 1.71. The predicted octanol–water partition coefficient (Wildman–Crippen LogP) is 1.17. The van der Waals surface area contributed by atoms with Gasteiger partial charge in [-0.1, -0.05) is 12.1 Å². The van der Waals surface area contributed by atoms with Crippen molar-refractivity contribution in [2.24, 2.45) is 14.1 Å². The highest BCUT2D eigenvalue weighted by Gasteiger charge is 2.11. The number of hydrogen-bond donors (Lipinski definition) is 1. The van der Waals surface area contributed by atoms with Crippen LogP contribution in [0.2, 0.25) is 0 Å². The molecule has 0 aliphatic rings. The molecule has 0 bridgehead atoms. The summed E-state index contributed by atoms with van der Waals surface area (Å²) in [5, 5.41) is 18.8. The zero-order valence-electron chi connectivity index (χ0n) is 12.5. The minimum Gasteiger partial charge on any atom is -0.319 e. The van der Waals surface area contributed by atoms with Crippen molar-refractivity contribution >= 4 is 11.6 Å². The second-order valence-corrected chi connectivity index (χ2v) is 4.90. The number of rotatable bonds is 3. The largest absolute Gasteiger partial charge is 0.319 e. The predicted molar refractivity (Wildman–Crippen MR) is 80.1 cm³/mol. The van der Waals surface area contributed by atoms with Crippen molar-refractivity contribution in [1.82, 2.24) is 30.0 Å². The van der Waals surface area contributed by atoms with Crippen LogP contribution in [0.1, 0.15) is 16.1 Å². The summed E-state index contributed by atoms with van der Waals surface area (Å²) in [5.74, 6) is 0.340. The third-order valence-corrected chi connectivity index (χ3v) is 3.40. The second-order valence-electron chi connectivity index (χ2n) is 4.90. The minimum absolute atomic E-state index is 0.185. The standard InChI is InChI=1S/C14H15N7O/c1-9-12(8-15-20(9)2)16-14(22)11-6-4-10(5-7-11)13-17-19-21(3)18-13/h4-8H,1-3H3,(H,16,22). The molecule has 1 amide bonds. The monoisotopic (exact) mass is 297 g/mol. The number of hydrogen-bond acceptors (Lipinski definition) is 5. The molecule has 0 atom stereocenters. The lowest BCUT2D eigenvalue weighted by Gasteiger charge is -2.05. The summed E-state index contributed by atoms with van der Waals surface area (Å²) in [6, 6.07) is 7.05. The molecular formula is C14H15N7O. The maximum absolute atomic E-state index is 12.2. The Hall–Kier alpha value is -3.03. The number of anilines is 1. The van der Waals surface area contributed by atoms with Crippen molar-refractivity contribution in [3.05, 3.63) is 41.7 Å². The summed E-state index contributed by atoms with van der Waals surface area (Å²) in [4.78, 5) is 13.6. The van der Waals surface area contributed by atoms with Crippen LogP contribution in [-0.2, 0) is 14.1 Å². The molecule has 2 aromatic heterocycles. The lowest BCUT2D eigenvalue weighted by atomic mass is 10.1. The van der Waals surface area contributed by atoms with E-state index in [2.05, 4.69) is 25.8 Å². The number of aromatic nitrogens is 6. The van der Waals surface area contributed by atoms with E-state index < -0.39 is 0 Å². The minimum atomic E-state index is -0.185. The fourth-order valence-electron chi connectivity index (χ4n) is 1.99. The molecule has 8 nitrogen and oxygen atoms in total. The number of benzene rings is 1. The van der Waals surface area contributed by atoms with Gasteiger partial charge in [0, 0.05) is 18.2 Å². The quantitative estimate of drug-likeness (QED) is 0.783. The molecule has 0 spiro atoms. The van der Waals surface area contributed by atoms with E-state index in [0.717, 1.165) is 11.3 Å². The van der Waals surface area contributed by atoms with Crippen LogP contribution in [0, 0.1) is 6.92 Å². The van der Waals surface area contributed by atoms with Gasteiger partial charge in [-0.15, -0.1) is 10.2 Å². The van der Waals surface area contributed by atoms with E-state index in [1.807, 2.05) is 14.0 Å². The fourth-order valence-corrected chi connectivity index (χ4v) is 1.99. The van der Waals surface area contributed by atoms with Gasteiger partial charge in [0.15, 0.2) is 0 Å². The molecule has 112 valence electrons. The average Bonchev–Trinajstić information content (AvgIpc) is 3.08. The van der Waals surface area contributed by atoms with E-state index in [9.17, 15) is 4.79 Å². The molecular weight excluding hydrogens is 282 g/mol. The molecule has 0 saturated carbocycles. The normalized spacial score (nSPS) is 10.7. The summed E-state index contributed by atoms with van der Waals surface area (Å²) in [7, 11) is 3.53. The molecule has 3 rings (SSSR count). The van der Waals surface area contributed by atoms with E-state index >= 15 is 0 Å². The number of nitrogens with zero attached hydrogens (tertiary/aromatic N) is 6. The zero-order valence-corrected chi connectivity index (χ0v) is 12.5. The maximum atomic E-state index is 12.2. The van der Waals surface area contributed by atoms with Crippen LogP contribution in [0.4, 0.5) is 5.69 Å². The summed E-state index contributed by atoms with van der Waals surface area (Å²) >= 11 is 0. The van der Waals surface area contributed by atoms with Gasteiger partial charge in [0.1, 0.15) is 0 Å². The van der Waals surface area contributed by atoms with Gasteiger partial charge in [-0.25, -0.2) is 0 Å². The van der Waals surface area contributed by atoms with Crippen LogP contribution in [0.15, 0.2) is 30.5 Å². The molecule has 22 heavy (non-hydrogen) atoms. The highest BCUT2D eigenvalue weighted by Crippen LogP contribution is 2.17. The van der Waals surface area contributed by atoms with Crippen LogP contribution in [-0.4, -0.2) is 35.9 Å². The molecule has 2 heterocycles. The first kappa shape index (κ1) is 13.9. The molecule has 0 fully saturated rings. The van der Waals surface area contributed by atoms with Crippen molar-refractivity contribution in [3.63, 3.8) is 0 Å². The fraction of sp³-hybridized carbons (Fsp3) is 0.214. The van der Waals surface area contributed by atoms with Gasteiger partial charge >= 0.3 is 0 Å². The molecule has 0 saturated heterocycles. The maximum Gasteiger partial charge on any atom is 0.255 e. The van der Waals surface area contributed by atoms with Crippen LogP contribution in [0.5, 0.6) is 0 Å². The van der Waals surface area contributed by atoms with Crippen LogP contribution < -0.4 is 5.32 Å². The number of amides is 1. The van der Waals surface area contributed by atoms with E-state index in [4.69, 9.17) is 0 Å². The summed E-state index contributed by atoms with van der Waals surface area (Å²) in [6.45, 7) is 1.89. The summed E-state index contributed by atoms with van der Waals surface area (Å²) in [5.41, 5.74) is 2.96. The third-order valence-electron chi connectivity index (χ3n) is 3.40. The number of tetrazole rings is 1. The Labute approximate surface area is 126 Å². The van der Waals surface area contributed by atoms with Crippen molar-refractivity contribution in [2.75, 3.05) is 5.32 Å². The molecule has 0 aliphatic heterocycles. The van der Waals surface area contributed by atoms with Crippen molar-refractivity contribution in [2.45, 2.75) is 6.92 Å². The van der Waals surface area contributed by atoms with Crippen LogP contribution in [0.25, 0.3) is 11.4 Å². The highest BCUT2D eigenvalue weighted by atomic mass is 16.1. The lowest BCUT2D eigenvalue weighted by molar-refractivity contribution is 0.102. The molecule has 0 radical (unpaired) electrons. The number of aryl methyl sites for hydroxylation is 2. The highest BCUT2D eigenvalue weighted by molar-refractivity contribution is 6.04. The Kier molecular flexibility index (Phi) is 3.42. The van der Waals surface area contributed by atoms with Gasteiger partial charge in [-0.3, -0.25) is 9.48 Å². The van der Waals surface area contributed by atoms with Gasteiger partial charge in [0.05, 0.1) is 24.6 Å². The average molecular weight is 297 g/mol. The summed E-state index contributed by atoms with van der Waals surface area (Å²) in [6.07, 6.45) is 1.63. The van der Waals surface area contributed by atoms with Gasteiger partial charge in [-0.2, -0.15) is 9.90 Å². The Bertz CT molecular complexity index is 816. The number of carbonyl (C=O) groups is 1. The SMILES string of the molecule is Cc1c(NC(=O)c2ccc(-c3nnn(C)n3)cc2)cnn1C. The third kappa shape index (κ3) is 2.58. The first-order valence-corrected chi connectivity index (χ1v) is 6.69. The van der Waals surface area contributed by atoms with Crippen LogP contribution >= 0.6 is 0 Å². The van der Waals surface area contributed by atoms with Crippen molar-refractivity contribution in [3.8, 4) is 11.4 Å². The van der Waals surface area contributed by atoms with Crippen LogP contribution in [0.3, 0.4) is 0 Å². The lowest BCUT2D eigenvalue weighted by Crippen LogP contribution is -2.12. The Morgan fingerprint density at radius 2 is 1.91 bits per heavy atom. The number of nitrogens with one attached hydrogen (secondary N) is 1. The Morgan fingerprint density at radius 1 is 1.18 bits per heavy atom.